The van der Waals surface area contributed by atoms with Crippen molar-refractivity contribution >= 4 is 11.6 Å². The van der Waals surface area contributed by atoms with Gasteiger partial charge in [0.05, 0.1) is 5.56 Å². The zero-order valence-corrected chi connectivity index (χ0v) is 12.4. The number of carbonyl (C=O) groups is 1. The molecule has 1 unspecified atom stereocenters. The van der Waals surface area contributed by atoms with Crippen LogP contribution in [-0.2, 0) is 0 Å². The molecule has 3 N–H and O–H groups in total. The van der Waals surface area contributed by atoms with Gasteiger partial charge in [-0.1, -0.05) is 26.0 Å². The molecule has 1 aliphatic heterocycles. The van der Waals surface area contributed by atoms with E-state index < -0.39 is 0 Å². The van der Waals surface area contributed by atoms with Crippen molar-refractivity contribution in [2.24, 2.45) is 5.92 Å². The summed E-state index contributed by atoms with van der Waals surface area (Å²) in [4.78, 5) is 14.7. The highest BCUT2D eigenvalue weighted by molar-refractivity contribution is 5.99. The van der Waals surface area contributed by atoms with E-state index in [9.17, 15) is 4.79 Å². The summed E-state index contributed by atoms with van der Waals surface area (Å²) < 4.78 is 0. The van der Waals surface area contributed by atoms with Crippen molar-refractivity contribution in [1.29, 1.82) is 0 Å². The van der Waals surface area contributed by atoms with Crippen molar-refractivity contribution in [1.82, 2.24) is 10.2 Å². The number of likely N-dealkylation sites (tertiary alicyclic amines) is 1. The highest BCUT2D eigenvalue weighted by Gasteiger charge is 2.25. The first-order valence-corrected chi connectivity index (χ1v) is 7.46. The van der Waals surface area contributed by atoms with Gasteiger partial charge in [0.25, 0.3) is 5.91 Å². The van der Waals surface area contributed by atoms with Gasteiger partial charge in [0, 0.05) is 18.3 Å². The first-order chi connectivity index (χ1) is 9.59. The SMILES string of the molecule is CC(C)C(CNC(=O)c1ccccc1N)N1CCCC1. The second-order valence-electron chi connectivity index (χ2n) is 5.85. The molecule has 1 aromatic carbocycles. The minimum atomic E-state index is -0.0760. The van der Waals surface area contributed by atoms with Gasteiger partial charge in [0.2, 0.25) is 0 Å². The molecule has 1 saturated heterocycles. The van der Waals surface area contributed by atoms with Crippen LogP contribution in [0.1, 0.15) is 37.0 Å². The summed E-state index contributed by atoms with van der Waals surface area (Å²) in [5, 5.41) is 3.04. The lowest BCUT2D eigenvalue weighted by Gasteiger charge is -2.31. The number of hydrogen-bond acceptors (Lipinski definition) is 3. The fourth-order valence-electron chi connectivity index (χ4n) is 2.86. The third-order valence-corrected chi connectivity index (χ3v) is 4.06. The Bertz CT molecular complexity index is 453. The van der Waals surface area contributed by atoms with Crippen LogP contribution in [0.2, 0.25) is 0 Å². The molecule has 0 saturated carbocycles. The summed E-state index contributed by atoms with van der Waals surface area (Å²) in [7, 11) is 0. The van der Waals surface area contributed by atoms with Gasteiger partial charge in [-0.15, -0.1) is 0 Å². The third-order valence-electron chi connectivity index (χ3n) is 4.06. The van der Waals surface area contributed by atoms with E-state index in [4.69, 9.17) is 5.73 Å². The Morgan fingerprint density at radius 2 is 1.95 bits per heavy atom. The number of nitrogens with one attached hydrogen (secondary N) is 1. The topological polar surface area (TPSA) is 58.4 Å². The molecule has 4 heteroatoms. The molecule has 0 radical (unpaired) electrons. The first kappa shape index (κ1) is 14.9. The van der Waals surface area contributed by atoms with Crippen LogP contribution in [0.3, 0.4) is 0 Å². The number of para-hydroxylation sites is 1. The average molecular weight is 275 g/mol. The maximum atomic E-state index is 12.2. The van der Waals surface area contributed by atoms with Crippen molar-refractivity contribution < 1.29 is 4.79 Å². The van der Waals surface area contributed by atoms with Gasteiger partial charge in [0.1, 0.15) is 0 Å². The van der Waals surface area contributed by atoms with Gasteiger partial charge in [-0.3, -0.25) is 9.69 Å². The molecule has 1 heterocycles. The largest absolute Gasteiger partial charge is 0.398 e. The smallest absolute Gasteiger partial charge is 0.253 e. The van der Waals surface area contributed by atoms with E-state index in [1.54, 1.807) is 12.1 Å². The van der Waals surface area contributed by atoms with Crippen LogP contribution in [0.25, 0.3) is 0 Å². The monoisotopic (exact) mass is 275 g/mol. The summed E-state index contributed by atoms with van der Waals surface area (Å²) in [5.41, 5.74) is 6.94. The van der Waals surface area contributed by atoms with E-state index >= 15 is 0 Å². The molecule has 0 bridgehead atoms. The molecule has 1 fully saturated rings. The highest BCUT2D eigenvalue weighted by atomic mass is 16.1. The highest BCUT2D eigenvalue weighted by Crippen LogP contribution is 2.17. The number of anilines is 1. The molecular weight excluding hydrogens is 250 g/mol. The fraction of sp³-hybridized carbons (Fsp3) is 0.562. The molecule has 1 aromatic rings. The average Bonchev–Trinajstić information content (AvgIpc) is 2.92. The summed E-state index contributed by atoms with van der Waals surface area (Å²) in [6.07, 6.45) is 2.53. The van der Waals surface area contributed by atoms with Gasteiger partial charge in [-0.25, -0.2) is 0 Å². The maximum absolute atomic E-state index is 12.2. The minimum absolute atomic E-state index is 0.0760. The van der Waals surface area contributed by atoms with E-state index in [1.807, 2.05) is 12.1 Å². The molecule has 1 atom stereocenters. The van der Waals surface area contributed by atoms with Crippen molar-refractivity contribution in [3.63, 3.8) is 0 Å². The zero-order valence-electron chi connectivity index (χ0n) is 12.4. The number of amides is 1. The van der Waals surface area contributed by atoms with Crippen LogP contribution in [0.15, 0.2) is 24.3 Å². The molecule has 0 aliphatic carbocycles. The molecule has 20 heavy (non-hydrogen) atoms. The molecule has 2 rings (SSSR count). The van der Waals surface area contributed by atoms with Crippen molar-refractivity contribution in [3.05, 3.63) is 29.8 Å². The maximum Gasteiger partial charge on any atom is 0.253 e. The number of nitrogen functional groups attached to an aromatic ring is 1. The number of carbonyl (C=O) groups excluding carboxylic acids is 1. The molecule has 110 valence electrons. The predicted molar refractivity (Wildman–Crippen MR) is 82.6 cm³/mol. The number of nitrogens with zero attached hydrogens (tertiary/aromatic N) is 1. The minimum Gasteiger partial charge on any atom is -0.398 e. The summed E-state index contributed by atoms with van der Waals surface area (Å²) in [6.45, 7) is 7.40. The van der Waals surface area contributed by atoms with Crippen LogP contribution >= 0.6 is 0 Å². The number of hydrogen-bond donors (Lipinski definition) is 2. The molecule has 0 spiro atoms. The van der Waals surface area contributed by atoms with Crippen LogP contribution in [-0.4, -0.2) is 36.5 Å². The van der Waals surface area contributed by atoms with E-state index in [-0.39, 0.29) is 5.91 Å². The first-order valence-electron chi connectivity index (χ1n) is 7.46. The normalized spacial score (nSPS) is 17.4. The second kappa shape index (κ2) is 6.75. The lowest BCUT2D eigenvalue weighted by Crippen LogP contribution is -2.45. The van der Waals surface area contributed by atoms with Crippen molar-refractivity contribution in [2.45, 2.75) is 32.7 Å². The number of benzene rings is 1. The molecular formula is C16H25N3O. The molecule has 1 amide bonds. The third kappa shape index (κ3) is 3.51. The number of rotatable bonds is 5. The second-order valence-corrected chi connectivity index (χ2v) is 5.85. The molecule has 0 aromatic heterocycles. The van der Waals surface area contributed by atoms with E-state index in [2.05, 4.69) is 24.1 Å². The Labute approximate surface area is 121 Å². The van der Waals surface area contributed by atoms with Crippen molar-refractivity contribution in [2.75, 3.05) is 25.4 Å². The summed E-state index contributed by atoms with van der Waals surface area (Å²) in [5.74, 6) is 0.453. The quantitative estimate of drug-likeness (QED) is 0.809. The van der Waals surface area contributed by atoms with Gasteiger partial charge < -0.3 is 11.1 Å². The van der Waals surface area contributed by atoms with Gasteiger partial charge in [-0.05, 0) is 44.0 Å². The van der Waals surface area contributed by atoms with Crippen molar-refractivity contribution in [3.8, 4) is 0 Å². The Kier molecular flexibility index (Phi) is 5.01. The Hall–Kier alpha value is -1.55. The zero-order chi connectivity index (χ0) is 14.5. The Morgan fingerprint density at radius 3 is 2.55 bits per heavy atom. The Balaban J connectivity index is 1.95. The van der Waals surface area contributed by atoms with Gasteiger partial charge in [-0.2, -0.15) is 0 Å². The lowest BCUT2D eigenvalue weighted by atomic mass is 10.0. The van der Waals surface area contributed by atoms with Crippen LogP contribution < -0.4 is 11.1 Å². The van der Waals surface area contributed by atoms with Gasteiger partial charge >= 0.3 is 0 Å². The molecule has 4 nitrogen and oxygen atoms in total. The predicted octanol–water partition coefficient (Wildman–Crippen LogP) is 2.12. The van der Waals surface area contributed by atoms with Crippen LogP contribution in [0.4, 0.5) is 5.69 Å². The lowest BCUT2D eigenvalue weighted by molar-refractivity contribution is 0.0928. The van der Waals surface area contributed by atoms with Crippen LogP contribution in [0, 0.1) is 5.92 Å². The van der Waals surface area contributed by atoms with E-state index in [0.29, 0.717) is 29.8 Å². The van der Waals surface area contributed by atoms with Gasteiger partial charge in [0.15, 0.2) is 0 Å². The fourth-order valence-corrected chi connectivity index (χ4v) is 2.86. The van der Waals surface area contributed by atoms with E-state index in [1.165, 1.54) is 12.8 Å². The summed E-state index contributed by atoms with van der Waals surface area (Å²) in [6, 6.07) is 7.62. The number of nitrogens with two attached hydrogens (primary N) is 1. The van der Waals surface area contributed by atoms with E-state index in [0.717, 1.165) is 13.1 Å². The van der Waals surface area contributed by atoms with Crippen LogP contribution in [0.5, 0.6) is 0 Å². The molecule has 1 aliphatic rings. The Morgan fingerprint density at radius 1 is 1.30 bits per heavy atom. The standard InChI is InChI=1S/C16H25N3O/c1-12(2)15(19-9-5-6-10-19)11-18-16(20)13-7-3-4-8-14(13)17/h3-4,7-8,12,15H,5-6,9-11,17H2,1-2H3,(H,18,20). The summed E-state index contributed by atoms with van der Waals surface area (Å²) >= 11 is 0.